The normalized spacial score (nSPS) is 10.7. The summed E-state index contributed by atoms with van der Waals surface area (Å²) in [6.45, 7) is 7.86. The van der Waals surface area contributed by atoms with E-state index in [4.69, 9.17) is 8.83 Å². The topological polar surface area (TPSA) is 55.4 Å². The van der Waals surface area contributed by atoms with Crippen molar-refractivity contribution in [3.63, 3.8) is 0 Å². The lowest BCUT2D eigenvalue weighted by atomic mass is 10.2. The summed E-state index contributed by atoms with van der Waals surface area (Å²) in [6, 6.07) is 3.68. The van der Waals surface area contributed by atoms with Crippen LogP contribution in [0.4, 0.5) is 0 Å². The van der Waals surface area contributed by atoms with Gasteiger partial charge in [0.1, 0.15) is 23.0 Å². The van der Waals surface area contributed by atoms with Crippen molar-refractivity contribution in [3.05, 3.63) is 46.3 Å². The fraction of sp³-hybridized carbons (Fsp3) is 0.357. The highest BCUT2D eigenvalue weighted by Gasteiger charge is 2.14. The summed E-state index contributed by atoms with van der Waals surface area (Å²) in [6.07, 6.45) is 0. The number of carbonyl (C=O) groups excluding carboxylic acids is 1. The van der Waals surface area contributed by atoms with Gasteiger partial charge in [-0.05, 0) is 39.8 Å². The zero-order chi connectivity index (χ0) is 13.3. The molecule has 18 heavy (non-hydrogen) atoms. The standard InChI is InChI=1S/C14H17NO3/c1-8-5-12(10(3)17-8)7-15-14(16)13-6-9(2)18-11(13)4/h5-6H,7H2,1-4H3,(H,15,16). The molecule has 0 radical (unpaired) electrons. The SMILES string of the molecule is Cc1cc(CNC(=O)c2cc(C)oc2C)c(C)o1. The number of nitrogens with one attached hydrogen (secondary N) is 1. The molecule has 0 spiro atoms. The maximum Gasteiger partial charge on any atom is 0.255 e. The third-order valence-electron chi connectivity index (χ3n) is 2.87. The molecule has 0 aliphatic rings. The van der Waals surface area contributed by atoms with Gasteiger partial charge in [-0.3, -0.25) is 4.79 Å². The fourth-order valence-corrected chi connectivity index (χ4v) is 1.99. The predicted molar refractivity (Wildman–Crippen MR) is 67.5 cm³/mol. The lowest BCUT2D eigenvalue weighted by Gasteiger charge is -2.02. The quantitative estimate of drug-likeness (QED) is 0.907. The van der Waals surface area contributed by atoms with E-state index in [0.29, 0.717) is 17.9 Å². The summed E-state index contributed by atoms with van der Waals surface area (Å²) in [4.78, 5) is 12.0. The number of amides is 1. The predicted octanol–water partition coefficient (Wildman–Crippen LogP) is 3.04. The summed E-state index contributed by atoms with van der Waals surface area (Å²) in [5.41, 5.74) is 1.59. The fourth-order valence-electron chi connectivity index (χ4n) is 1.99. The molecule has 0 atom stereocenters. The third kappa shape index (κ3) is 2.47. The van der Waals surface area contributed by atoms with Crippen molar-refractivity contribution >= 4 is 5.91 Å². The van der Waals surface area contributed by atoms with E-state index in [2.05, 4.69) is 5.32 Å². The Kier molecular flexibility index (Phi) is 3.28. The Labute approximate surface area is 106 Å². The van der Waals surface area contributed by atoms with Crippen LogP contribution in [0.25, 0.3) is 0 Å². The smallest absolute Gasteiger partial charge is 0.255 e. The van der Waals surface area contributed by atoms with Crippen LogP contribution in [0.5, 0.6) is 0 Å². The number of hydrogen-bond acceptors (Lipinski definition) is 3. The van der Waals surface area contributed by atoms with Gasteiger partial charge in [-0.15, -0.1) is 0 Å². The van der Waals surface area contributed by atoms with Crippen LogP contribution in [0, 0.1) is 27.7 Å². The van der Waals surface area contributed by atoms with Gasteiger partial charge in [0, 0.05) is 12.1 Å². The van der Waals surface area contributed by atoms with Crippen LogP contribution in [0.3, 0.4) is 0 Å². The van der Waals surface area contributed by atoms with Gasteiger partial charge in [0.25, 0.3) is 5.91 Å². The van der Waals surface area contributed by atoms with Gasteiger partial charge >= 0.3 is 0 Å². The lowest BCUT2D eigenvalue weighted by molar-refractivity contribution is 0.0949. The summed E-state index contributed by atoms with van der Waals surface area (Å²) < 4.78 is 10.7. The highest BCUT2D eigenvalue weighted by atomic mass is 16.3. The van der Waals surface area contributed by atoms with Crippen LogP contribution in [0.2, 0.25) is 0 Å². The molecule has 0 aliphatic carbocycles. The maximum absolute atomic E-state index is 12.0. The van der Waals surface area contributed by atoms with Gasteiger partial charge in [-0.2, -0.15) is 0 Å². The lowest BCUT2D eigenvalue weighted by Crippen LogP contribution is -2.23. The largest absolute Gasteiger partial charge is 0.466 e. The second kappa shape index (κ2) is 4.72. The molecule has 0 unspecified atom stereocenters. The van der Waals surface area contributed by atoms with Crippen molar-refractivity contribution in [1.29, 1.82) is 0 Å². The van der Waals surface area contributed by atoms with Gasteiger partial charge < -0.3 is 14.2 Å². The van der Waals surface area contributed by atoms with E-state index < -0.39 is 0 Å². The molecule has 2 heterocycles. The van der Waals surface area contributed by atoms with E-state index in [0.717, 1.165) is 22.8 Å². The summed E-state index contributed by atoms with van der Waals surface area (Å²) in [5.74, 6) is 2.96. The van der Waals surface area contributed by atoms with Crippen molar-refractivity contribution in [2.75, 3.05) is 0 Å². The molecule has 0 aliphatic heterocycles. The van der Waals surface area contributed by atoms with Gasteiger partial charge in [-0.25, -0.2) is 0 Å². The number of furan rings is 2. The van der Waals surface area contributed by atoms with Crippen LogP contribution in [-0.2, 0) is 6.54 Å². The summed E-state index contributed by atoms with van der Waals surface area (Å²) in [5, 5.41) is 2.86. The molecule has 0 bridgehead atoms. The molecule has 1 N–H and O–H groups in total. The molecule has 2 rings (SSSR count). The van der Waals surface area contributed by atoms with Crippen molar-refractivity contribution in [2.24, 2.45) is 0 Å². The van der Waals surface area contributed by atoms with E-state index >= 15 is 0 Å². The summed E-state index contributed by atoms with van der Waals surface area (Å²) in [7, 11) is 0. The molecule has 0 aromatic carbocycles. The first kappa shape index (κ1) is 12.5. The molecule has 1 amide bonds. The first-order chi connectivity index (χ1) is 8.47. The van der Waals surface area contributed by atoms with Crippen LogP contribution in [0.1, 0.15) is 39.0 Å². The first-order valence-corrected chi connectivity index (χ1v) is 5.88. The van der Waals surface area contributed by atoms with Gasteiger partial charge in [0.2, 0.25) is 0 Å². The number of aryl methyl sites for hydroxylation is 4. The average molecular weight is 247 g/mol. The maximum atomic E-state index is 12.0. The van der Waals surface area contributed by atoms with Gasteiger partial charge in [0.15, 0.2) is 0 Å². The minimum atomic E-state index is -0.123. The van der Waals surface area contributed by atoms with Crippen LogP contribution < -0.4 is 5.32 Å². The Balaban J connectivity index is 2.05. The molecule has 0 saturated heterocycles. The highest BCUT2D eigenvalue weighted by molar-refractivity contribution is 5.95. The van der Waals surface area contributed by atoms with Crippen molar-refractivity contribution in [2.45, 2.75) is 34.2 Å². The Morgan fingerprint density at radius 1 is 1.06 bits per heavy atom. The van der Waals surface area contributed by atoms with Crippen LogP contribution in [0.15, 0.2) is 21.0 Å². The summed E-state index contributed by atoms with van der Waals surface area (Å²) >= 11 is 0. The molecule has 4 heteroatoms. The number of rotatable bonds is 3. The van der Waals surface area contributed by atoms with Crippen molar-refractivity contribution < 1.29 is 13.6 Å². The van der Waals surface area contributed by atoms with Crippen molar-refractivity contribution in [3.8, 4) is 0 Å². The second-order valence-corrected chi connectivity index (χ2v) is 4.45. The molecule has 0 fully saturated rings. The Bertz CT molecular complexity index is 578. The average Bonchev–Trinajstić information content (AvgIpc) is 2.78. The second-order valence-electron chi connectivity index (χ2n) is 4.45. The molecule has 2 aromatic heterocycles. The molecular formula is C14H17NO3. The number of hydrogen-bond donors (Lipinski definition) is 1. The van der Waals surface area contributed by atoms with Gasteiger partial charge in [-0.1, -0.05) is 0 Å². The van der Waals surface area contributed by atoms with Crippen LogP contribution in [-0.4, -0.2) is 5.91 Å². The highest BCUT2D eigenvalue weighted by Crippen LogP contribution is 2.15. The minimum Gasteiger partial charge on any atom is -0.466 e. The molecule has 0 saturated carbocycles. The zero-order valence-corrected chi connectivity index (χ0v) is 11.1. The van der Waals surface area contributed by atoms with E-state index in [1.165, 1.54) is 0 Å². The minimum absolute atomic E-state index is 0.123. The monoisotopic (exact) mass is 247 g/mol. The third-order valence-corrected chi connectivity index (χ3v) is 2.87. The van der Waals surface area contributed by atoms with Crippen molar-refractivity contribution in [1.82, 2.24) is 5.32 Å². The first-order valence-electron chi connectivity index (χ1n) is 5.88. The van der Waals surface area contributed by atoms with E-state index in [1.54, 1.807) is 13.0 Å². The van der Waals surface area contributed by atoms with Gasteiger partial charge in [0.05, 0.1) is 5.56 Å². The van der Waals surface area contributed by atoms with Crippen LogP contribution >= 0.6 is 0 Å². The van der Waals surface area contributed by atoms with E-state index in [-0.39, 0.29) is 5.91 Å². The molecular weight excluding hydrogens is 230 g/mol. The Hall–Kier alpha value is -1.97. The number of carbonyl (C=O) groups is 1. The molecule has 96 valence electrons. The van der Waals surface area contributed by atoms with E-state index in [9.17, 15) is 4.79 Å². The van der Waals surface area contributed by atoms with E-state index in [1.807, 2.05) is 26.8 Å². The Morgan fingerprint density at radius 3 is 2.17 bits per heavy atom. The Morgan fingerprint density at radius 2 is 1.67 bits per heavy atom. The molecule has 4 nitrogen and oxygen atoms in total. The molecule has 2 aromatic rings. The zero-order valence-electron chi connectivity index (χ0n) is 11.1.